The van der Waals surface area contributed by atoms with Gasteiger partial charge in [0.1, 0.15) is 0 Å². The first-order valence-electron chi connectivity index (χ1n) is 28.8. The molecule has 4 N–H and O–H groups in total. The number of benzene rings is 8. The summed E-state index contributed by atoms with van der Waals surface area (Å²) in [6, 6.07) is 53.9. The summed E-state index contributed by atoms with van der Waals surface area (Å²) in [5, 5.41) is 6.63. The van der Waals surface area contributed by atoms with E-state index in [4.69, 9.17) is 41.3 Å². The number of halogens is 2. The summed E-state index contributed by atoms with van der Waals surface area (Å²) in [5.74, 6) is -0.943. The van der Waals surface area contributed by atoms with Crippen LogP contribution in [0.25, 0.3) is 0 Å². The molecule has 2 unspecified atom stereocenters. The number of phosphoric acid groups is 2. The fourth-order valence-electron chi connectivity index (χ4n) is 10.3. The Bertz CT molecular complexity index is 3840. The van der Waals surface area contributed by atoms with Crippen LogP contribution in [-0.2, 0) is 40.4 Å². The Hall–Kier alpha value is -7.56. The van der Waals surface area contributed by atoms with Gasteiger partial charge in [-0.05, 0) is 172 Å². The largest absolute Gasteiger partial charge is 0.476 e. The first-order valence-corrected chi connectivity index (χ1v) is 32.5. The highest BCUT2D eigenvalue weighted by molar-refractivity contribution is 7.48. The van der Waals surface area contributed by atoms with Crippen LogP contribution in [0.15, 0.2) is 182 Å². The molecule has 0 aliphatic carbocycles. The highest BCUT2D eigenvalue weighted by Crippen LogP contribution is 2.57. The van der Waals surface area contributed by atoms with E-state index in [-0.39, 0.29) is 36.8 Å². The predicted molar refractivity (Wildman–Crippen MR) is 346 cm³/mol. The van der Waals surface area contributed by atoms with Crippen LogP contribution in [0.2, 0.25) is 10.0 Å². The van der Waals surface area contributed by atoms with Gasteiger partial charge in [0.05, 0.1) is 25.4 Å². The molecule has 0 fully saturated rings. The molecular weight excluding hydrogens is 1200 g/mol. The fourth-order valence-corrected chi connectivity index (χ4v) is 12.6. The van der Waals surface area contributed by atoms with E-state index in [0.717, 1.165) is 22.3 Å². The highest BCUT2D eigenvalue weighted by atomic mass is 35.5. The number of nitrogens with one attached hydrogen (secondary N) is 2. The van der Waals surface area contributed by atoms with Crippen LogP contribution in [0, 0.1) is 27.7 Å². The lowest BCUT2D eigenvalue weighted by Crippen LogP contribution is -2.32. The van der Waals surface area contributed by atoms with Crippen LogP contribution in [0.4, 0.5) is 22.7 Å². The summed E-state index contributed by atoms with van der Waals surface area (Å²) in [7, 11) is -8.90. The van der Waals surface area contributed by atoms with E-state index in [1.165, 1.54) is 0 Å². The summed E-state index contributed by atoms with van der Waals surface area (Å²) in [4.78, 5) is 75.4. The average Bonchev–Trinajstić information content (AvgIpc) is 2.06. The van der Waals surface area contributed by atoms with Gasteiger partial charge in [-0.2, -0.15) is 0 Å². The number of phosphoric ester groups is 2. The standard InChI is InChI=1S/C40H38ClN2O6P.C26H26ClN2O6P.C2H6/c1-28-12-9-10-17-34(28)39(44)42-33-20-21-35(29(2)24-33)40(45)43-23-11-18-38(36-25-32(41)19-22-37(36)43)49-50(46,47-26-30-13-5-3-6-14-30)48-27-31-15-7-4-8-16-31;1-16-6-3-4-7-20(16)25(30)28-19-10-11-21(17(2)14-19)26(31)29-13-5-8-24(35-36(32,33)34)22-15-18(27)9-12-23(22)29;1-2/h3-10,12-17,19-22,24-25,38H,11,18,23,26-27H2,1-2H3,(H,42,44);3-4,6-7,9-12,14-15,24H,5,8,13H2,1-2H3,(H,28,30)(H2,32,33,34);1-2H3. The van der Waals surface area contributed by atoms with Gasteiger partial charge in [-0.15, -0.1) is 0 Å². The summed E-state index contributed by atoms with van der Waals surface area (Å²) in [6.07, 6.45) is 0.116. The third kappa shape index (κ3) is 17.4. The van der Waals surface area contributed by atoms with Gasteiger partial charge in [0.2, 0.25) is 0 Å². The van der Waals surface area contributed by atoms with Crippen LogP contribution in [0.1, 0.15) is 138 Å². The third-order valence-corrected chi connectivity index (χ3v) is 17.0. The molecule has 0 saturated heterocycles. The lowest BCUT2D eigenvalue weighted by molar-refractivity contribution is 0.0663. The van der Waals surface area contributed by atoms with Gasteiger partial charge in [-0.25, -0.2) is 9.13 Å². The molecule has 4 amide bonds. The second kappa shape index (κ2) is 30.6. The van der Waals surface area contributed by atoms with E-state index in [0.29, 0.717) is 116 Å². The van der Waals surface area contributed by atoms with Gasteiger partial charge in [0.25, 0.3) is 23.6 Å². The second-order valence-corrected chi connectivity index (χ2v) is 24.5. The molecule has 2 aliphatic heterocycles. The molecule has 10 rings (SSSR count). The predicted octanol–water partition coefficient (Wildman–Crippen LogP) is 17.1. The molecule has 0 radical (unpaired) electrons. The van der Waals surface area contributed by atoms with Crippen LogP contribution in [0.5, 0.6) is 0 Å². The Balaban J connectivity index is 0.000000233. The van der Waals surface area contributed by atoms with Crippen molar-refractivity contribution in [3.05, 3.63) is 259 Å². The zero-order valence-corrected chi connectivity index (χ0v) is 53.0. The molecule has 2 heterocycles. The third-order valence-electron chi connectivity index (χ3n) is 14.6. The normalized spacial score (nSPS) is 14.7. The molecule has 16 nitrogen and oxygen atoms in total. The van der Waals surface area contributed by atoms with E-state index >= 15 is 0 Å². The number of aryl methyl sites for hydroxylation is 4. The minimum atomic E-state index is -4.76. The van der Waals surface area contributed by atoms with Crippen molar-refractivity contribution in [1.82, 2.24) is 0 Å². The number of amides is 4. The van der Waals surface area contributed by atoms with Crippen molar-refractivity contribution in [3.63, 3.8) is 0 Å². The molecule has 2 atom stereocenters. The average molecular weight is 1270 g/mol. The molecule has 8 aromatic rings. The number of fused-ring (bicyclic) bond motifs is 2. The topological polar surface area (TPSA) is 210 Å². The molecule has 0 saturated carbocycles. The Morgan fingerprint density at radius 1 is 0.489 bits per heavy atom. The first kappa shape index (κ1) is 66.4. The lowest BCUT2D eigenvalue weighted by Gasteiger charge is -2.27. The van der Waals surface area contributed by atoms with Crippen molar-refractivity contribution in [3.8, 4) is 0 Å². The molecule has 0 bridgehead atoms. The van der Waals surface area contributed by atoms with Crippen molar-refractivity contribution in [2.24, 2.45) is 0 Å². The van der Waals surface area contributed by atoms with E-state index in [2.05, 4.69) is 10.6 Å². The second-order valence-electron chi connectivity index (χ2n) is 20.8. The van der Waals surface area contributed by atoms with Crippen molar-refractivity contribution in [1.29, 1.82) is 0 Å². The molecule has 2 aliphatic rings. The quantitative estimate of drug-likeness (QED) is 0.0666. The van der Waals surface area contributed by atoms with Gasteiger partial charge in [-0.3, -0.25) is 37.3 Å². The van der Waals surface area contributed by atoms with E-state index in [1.54, 1.807) is 108 Å². The number of carbonyl (C=O) groups excluding carboxylic acids is 4. The van der Waals surface area contributed by atoms with Crippen LogP contribution >= 0.6 is 38.8 Å². The van der Waals surface area contributed by atoms with E-state index in [9.17, 15) is 38.1 Å². The fraction of sp³-hybridized carbons (Fsp3) is 0.235. The summed E-state index contributed by atoms with van der Waals surface area (Å²) >= 11 is 12.7. The van der Waals surface area contributed by atoms with Crippen LogP contribution in [-0.4, -0.2) is 46.5 Å². The Morgan fingerprint density at radius 3 is 1.26 bits per heavy atom. The zero-order valence-electron chi connectivity index (χ0n) is 49.7. The number of hydrogen-bond donors (Lipinski definition) is 4. The van der Waals surface area contributed by atoms with Gasteiger partial charge >= 0.3 is 15.6 Å². The summed E-state index contributed by atoms with van der Waals surface area (Å²) in [5.41, 5.74) is 10.1. The molecule has 0 aromatic heterocycles. The maximum atomic E-state index is 14.3. The van der Waals surface area contributed by atoms with Crippen LogP contribution in [0.3, 0.4) is 0 Å². The minimum Gasteiger partial charge on any atom is -0.322 e. The number of rotatable bonds is 16. The molecule has 8 aromatic carbocycles. The molecule has 0 spiro atoms. The number of hydrogen-bond acceptors (Lipinski definition) is 10. The minimum absolute atomic E-state index is 0.0212. The van der Waals surface area contributed by atoms with Crippen molar-refractivity contribution in [2.75, 3.05) is 33.5 Å². The molecular formula is C68H70Cl2N4O12P2. The van der Waals surface area contributed by atoms with Gasteiger partial charge in [0.15, 0.2) is 0 Å². The van der Waals surface area contributed by atoms with Gasteiger partial charge < -0.3 is 30.2 Å². The first-order chi connectivity index (χ1) is 42.2. The highest BCUT2D eigenvalue weighted by Gasteiger charge is 2.37. The van der Waals surface area contributed by atoms with Crippen LogP contribution < -0.4 is 20.4 Å². The lowest BCUT2D eigenvalue weighted by atomic mass is 10.0. The maximum absolute atomic E-state index is 14.3. The monoisotopic (exact) mass is 1270 g/mol. The molecule has 88 heavy (non-hydrogen) atoms. The SMILES string of the molecule is CC.Cc1ccccc1C(=O)Nc1ccc(C(=O)N2CCCC(OP(=O)(O)O)c3cc(Cl)ccc32)c(C)c1.Cc1ccccc1C(=O)Nc1ccc(C(=O)N2CCCC(OP(=O)(OCc3ccccc3)OCc3ccccc3)c3cc(Cl)ccc32)c(C)c1. The zero-order chi connectivity index (χ0) is 63.1. The summed E-state index contributed by atoms with van der Waals surface area (Å²) < 4.78 is 49.0. The van der Waals surface area contributed by atoms with E-state index in [1.807, 2.05) is 126 Å². The van der Waals surface area contributed by atoms with Gasteiger partial charge in [0, 0.05) is 79.3 Å². The van der Waals surface area contributed by atoms with E-state index < -0.39 is 27.9 Å². The van der Waals surface area contributed by atoms with Crippen molar-refractivity contribution < 1.29 is 56.2 Å². The number of anilines is 4. The van der Waals surface area contributed by atoms with Gasteiger partial charge in [-0.1, -0.05) is 134 Å². The Labute approximate surface area is 523 Å². The Kier molecular flexibility index (Phi) is 23.1. The Morgan fingerprint density at radius 2 is 0.875 bits per heavy atom. The van der Waals surface area contributed by atoms with Crippen molar-refractivity contribution in [2.45, 2.75) is 92.6 Å². The smallest absolute Gasteiger partial charge is 0.322 e. The maximum Gasteiger partial charge on any atom is 0.476 e. The van der Waals surface area contributed by atoms with Crippen molar-refractivity contribution >= 4 is 85.2 Å². The number of carbonyl (C=O) groups is 4. The number of nitrogens with zero attached hydrogens (tertiary/aromatic N) is 2. The summed E-state index contributed by atoms with van der Waals surface area (Å²) in [6.45, 7) is 12.1. The molecule has 458 valence electrons. The molecule has 20 heteroatoms.